The van der Waals surface area contributed by atoms with Crippen molar-refractivity contribution >= 4 is 16.6 Å². The fraction of sp³-hybridized carbons (Fsp3) is 0.0714. The minimum absolute atomic E-state index is 0.210. The maximum absolute atomic E-state index is 11.7. The quantitative estimate of drug-likeness (QED) is 0.802. The highest BCUT2D eigenvalue weighted by Crippen LogP contribution is 2.31. The fourth-order valence-corrected chi connectivity index (χ4v) is 2.07. The van der Waals surface area contributed by atoms with Crippen LogP contribution in [0.15, 0.2) is 54.1 Å². The second-order valence-corrected chi connectivity index (χ2v) is 4.18. The van der Waals surface area contributed by atoms with Crippen molar-refractivity contribution in [2.75, 3.05) is 0 Å². The van der Waals surface area contributed by atoms with Crippen LogP contribution in [0.2, 0.25) is 0 Å². The highest BCUT2D eigenvalue weighted by atomic mass is 16.5. The number of hydrogen-bond acceptors (Lipinski definition) is 4. The molecule has 0 radical (unpaired) electrons. The Labute approximate surface area is 103 Å². The molecule has 4 heteroatoms. The van der Waals surface area contributed by atoms with Crippen LogP contribution in [0, 0.1) is 0 Å². The van der Waals surface area contributed by atoms with Gasteiger partial charge in [0.2, 0.25) is 17.4 Å². The molecule has 0 saturated carbocycles. The molecule has 2 aromatic rings. The third-order valence-corrected chi connectivity index (χ3v) is 3.03. The maximum Gasteiger partial charge on any atom is 0.247 e. The third kappa shape index (κ3) is 1.50. The van der Waals surface area contributed by atoms with Crippen LogP contribution in [0.4, 0.5) is 0 Å². The van der Waals surface area contributed by atoms with Gasteiger partial charge in [-0.05, 0) is 16.8 Å². The van der Waals surface area contributed by atoms with Crippen molar-refractivity contribution in [3.63, 3.8) is 0 Å². The van der Waals surface area contributed by atoms with E-state index in [1.807, 2.05) is 36.4 Å². The van der Waals surface area contributed by atoms with E-state index in [0.717, 1.165) is 10.8 Å². The van der Waals surface area contributed by atoms with Crippen LogP contribution in [0.25, 0.3) is 10.8 Å². The summed E-state index contributed by atoms with van der Waals surface area (Å²) >= 11 is 0. The Kier molecular flexibility index (Phi) is 2.23. The van der Waals surface area contributed by atoms with Crippen LogP contribution in [0.1, 0.15) is 11.7 Å². The predicted molar refractivity (Wildman–Crippen MR) is 66.6 cm³/mol. The first-order valence-electron chi connectivity index (χ1n) is 5.55. The molecule has 0 fully saturated rings. The number of Topliss-reactive ketones (excluding diaryl/α,β-unsaturated/α-hetero) is 1. The smallest absolute Gasteiger partial charge is 0.247 e. The molecule has 0 aromatic heterocycles. The van der Waals surface area contributed by atoms with E-state index in [1.54, 1.807) is 6.07 Å². The van der Waals surface area contributed by atoms with Gasteiger partial charge < -0.3 is 15.6 Å². The van der Waals surface area contributed by atoms with Crippen molar-refractivity contribution in [1.82, 2.24) is 0 Å². The molecule has 3 N–H and O–H groups in total. The molecular formula is C14H11NO3. The molecule has 1 aliphatic heterocycles. The summed E-state index contributed by atoms with van der Waals surface area (Å²) in [5.41, 5.74) is 6.08. The number of benzene rings is 2. The highest BCUT2D eigenvalue weighted by molar-refractivity contribution is 6.00. The van der Waals surface area contributed by atoms with Crippen LogP contribution in [0.5, 0.6) is 0 Å². The number of ketones is 1. The van der Waals surface area contributed by atoms with Crippen molar-refractivity contribution in [2.45, 2.75) is 6.10 Å². The monoisotopic (exact) mass is 241 g/mol. The predicted octanol–water partition coefficient (Wildman–Crippen LogP) is 2.17. The van der Waals surface area contributed by atoms with Gasteiger partial charge in [0.15, 0.2) is 6.10 Å². The first-order valence-corrected chi connectivity index (χ1v) is 5.55. The molecule has 1 atom stereocenters. The van der Waals surface area contributed by atoms with E-state index in [-0.39, 0.29) is 5.88 Å². The molecule has 18 heavy (non-hydrogen) atoms. The number of hydrogen-bond donors (Lipinski definition) is 2. The van der Waals surface area contributed by atoms with Crippen molar-refractivity contribution in [1.29, 1.82) is 0 Å². The molecule has 1 heterocycles. The number of fused-ring (bicyclic) bond motifs is 1. The van der Waals surface area contributed by atoms with Crippen LogP contribution in [-0.2, 0) is 9.53 Å². The van der Waals surface area contributed by atoms with Gasteiger partial charge in [-0.1, -0.05) is 36.4 Å². The maximum atomic E-state index is 11.7. The molecule has 90 valence electrons. The molecule has 1 unspecified atom stereocenters. The van der Waals surface area contributed by atoms with Gasteiger partial charge in [0.25, 0.3) is 0 Å². The molecule has 3 rings (SSSR count). The number of nitrogens with two attached hydrogens (primary N) is 1. The minimum Gasteiger partial charge on any atom is -0.501 e. The Bertz CT molecular complexity index is 676. The summed E-state index contributed by atoms with van der Waals surface area (Å²) in [4.78, 5) is 11.7. The first kappa shape index (κ1) is 10.7. The van der Waals surface area contributed by atoms with E-state index in [9.17, 15) is 9.90 Å². The van der Waals surface area contributed by atoms with E-state index in [4.69, 9.17) is 10.5 Å². The highest BCUT2D eigenvalue weighted by Gasteiger charge is 2.35. The second-order valence-electron chi connectivity index (χ2n) is 4.18. The van der Waals surface area contributed by atoms with Crippen molar-refractivity contribution in [3.05, 3.63) is 59.7 Å². The van der Waals surface area contributed by atoms with Crippen molar-refractivity contribution < 1.29 is 14.6 Å². The average Bonchev–Trinajstić information content (AvgIpc) is 2.66. The van der Waals surface area contributed by atoms with E-state index in [0.29, 0.717) is 5.56 Å². The lowest BCUT2D eigenvalue weighted by atomic mass is 10.0. The van der Waals surface area contributed by atoms with E-state index < -0.39 is 17.6 Å². The zero-order chi connectivity index (χ0) is 12.7. The second kappa shape index (κ2) is 3.77. The molecule has 0 spiro atoms. The normalized spacial score (nSPS) is 19.3. The molecular weight excluding hydrogens is 230 g/mol. The number of aliphatic hydroxyl groups is 1. The molecule has 0 saturated heterocycles. The number of aliphatic hydroxyl groups excluding tert-OH is 1. The average molecular weight is 241 g/mol. The van der Waals surface area contributed by atoms with E-state index in [2.05, 4.69) is 0 Å². The fourth-order valence-electron chi connectivity index (χ4n) is 2.07. The first-order chi connectivity index (χ1) is 8.66. The van der Waals surface area contributed by atoms with Gasteiger partial charge in [-0.3, -0.25) is 4.79 Å². The van der Waals surface area contributed by atoms with Crippen LogP contribution < -0.4 is 5.73 Å². The summed E-state index contributed by atoms with van der Waals surface area (Å²) < 4.78 is 5.18. The summed E-state index contributed by atoms with van der Waals surface area (Å²) in [6, 6.07) is 13.4. The summed E-state index contributed by atoms with van der Waals surface area (Å²) in [6.45, 7) is 0. The Morgan fingerprint density at radius 1 is 1.11 bits per heavy atom. The van der Waals surface area contributed by atoms with Gasteiger partial charge in [0.1, 0.15) is 0 Å². The largest absolute Gasteiger partial charge is 0.501 e. The summed E-state index contributed by atoms with van der Waals surface area (Å²) in [5.74, 6) is -1.20. The number of carbonyl (C=O) groups is 1. The summed E-state index contributed by atoms with van der Waals surface area (Å²) in [5, 5.41) is 11.5. The number of carbonyl (C=O) groups excluding carboxylic acids is 1. The molecule has 0 bridgehead atoms. The third-order valence-electron chi connectivity index (χ3n) is 3.03. The molecule has 2 aromatic carbocycles. The lowest BCUT2D eigenvalue weighted by molar-refractivity contribution is -0.123. The van der Waals surface area contributed by atoms with Crippen molar-refractivity contribution in [3.8, 4) is 0 Å². The topological polar surface area (TPSA) is 72.5 Å². The summed E-state index contributed by atoms with van der Waals surface area (Å²) in [6.07, 6.45) is -0.838. The van der Waals surface area contributed by atoms with Gasteiger partial charge in [0, 0.05) is 5.56 Å². The molecule has 1 aliphatic rings. The van der Waals surface area contributed by atoms with Crippen molar-refractivity contribution in [2.24, 2.45) is 5.73 Å². The number of ether oxygens (including phenoxy) is 1. The standard InChI is InChI=1S/C14H11NO3/c15-14-12(17)11(16)13(18-14)10-6-5-8-3-1-2-4-9(8)7-10/h1-7,13,17H,15H2. The zero-order valence-electron chi connectivity index (χ0n) is 9.46. The van der Waals surface area contributed by atoms with Gasteiger partial charge in [-0.2, -0.15) is 0 Å². The van der Waals surface area contributed by atoms with E-state index in [1.165, 1.54) is 0 Å². The Morgan fingerprint density at radius 2 is 1.83 bits per heavy atom. The van der Waals surface area contributed by atoms with Gasteiger partial charge in [-0.25, -0.2) is 0 Å². The zero-order valence-corrected chi connectivity index (χ0v) is 9.46. The molecule has 4 nitrogen and oxygen atoms in total. The SMILES string of the molecule is NC1=C(O)C(=O)C(c2ccc3ccccc3c2)O1. The lowest BCUT2D eigenvalue weighted by Crippen LogP contribution is -2.09. The Hall–Kier alpha value is -2.49. The van der Waals surface area contributed by atoms with Crippen LogP contribution in [0.3, 0.4) is 0 Å². The van der Waals surface area contributed by atoms with Gasteiger partial charge in [0.05, 0.1) is 0 Å². The van der Waals surface area contributed by atoms with Crippen LogP contribution in [-0.4, -0.2) is 10.9 Å². The lowest BCUT2D eigenvalue weighted by Gasteiger charge is -2.10. The summed E-state index contributed by atoms with van der Waals surface area (Å²) in [7, 11) is 0. The van der Waals surface area contributed by atoms with E-state index >= 15 is 0 Å². The molecule has 0 amide bonds. The van der Waals surface area contributed by atoms with Crippen LogP contribution >= 0.6 is 0 Å². The molecule has 0 aliphatic carbocycles. The Balaban J connectivity index is 2.04. The Morgan fingerprint density at radius 3 is 2.50 bits per heavy atom. The van der Waals surface area contributed by atoms with Gasteiger partial charge in [-0.15, -0.1) is 0 Å². The number of rotatable bonds is 1. The minimum atomic E-state index is -0.838. The van der Waals surface area contributed by atoms with Gasteiger partial charge >= 0.3 is 0 Å².